The zero-order chi connectivity index (χ0) is 14.4. The van der Waals surface area contributed by atoms with Crippen molar-refractivity contribution in [1.82, 2.24) is 9.55 Å². The number of nitrogen functional groups attached to an aromatic ring is 1. The number of aromatic nitrogens is 2. The molecule has 0 aliphatic carbocycles. The van der Waals surface area contributed by atoms with E-state index in [9.17, 15) is 4.39 Å². The molecule has 0 atom stereocenters. The summed E-state index contributed by atoms with van der Waals surface area (Å²) in [6.45, 7) is 3.97. The van der Waals surface area contributed by atoms with E-state index in [2.05, 4.69) is 4.98 Å². The Morgan fingerprint density at radius 2 is 1.95 bits per heavy atom. The van der Waals surface area contributed by atoms with Gasteiger partial charge < -0.3 is 5.73 Å². The molecule has 0 radical (unpaired) electrons. The molecule has 1 heterocycles. The molecule has 0 aliphatic rings. The smallest absolute Gasteiger partial charge is 0.205 e. The number of hydrogen-bond donors (Lipinski definition) is 1. The molecule has 20 heavy (non-hydrogen) atoms. The lowest BCUT2D eigenvalue weighted by molar-refractivity contribution is 0.629. The Bertz CT molecular complexity index is 824. The SMILES string of the molecule is Cc1ccc(C)c(-n2c(N)nc3cc(Cl)c(F)cc32)c1. The van der Waals surface area contributed by atoms with Crippen LogP contribution in [0.1, 0.15) is 11.1 Å². The number of fused-ring (bicyclic) bond motifs is 1. The van der Waals surface area contributed by atoms with E-state index in [1.165, 1.54) is 12.1 Å². The van der Waals surface area contributed by atoms with Crippen LogP contribution in [0.15, 0.2) is 30.3 Å². The quantitative estimate of drug-likeness (QED) is 0.735. The molecule has 0 saturated carbocycles. The Hall–Kier alpha value is -2.07. The molecule has 3 rings (SSSR count). The molecule has 0 bridgehead atoms. The van der Waals surface area contributed by atoms with Gasteiger partial charge in [-0.3, -0.25) is 4.57 Å². The van der Waals surface area contributed by atoms with Crippen LogP contribution in [-0.4, -0.2) is 9.55 Å². The summed E-state index contributed by atoms with van der Waals surface area (Å²) in [5.74, 6) is -0.166. The molecule has 0 unspecified atom stereocenters. The predicted molar refractivity (Wildman–Crippen MR) is 79.9 cm³/mol. The van der Waals surface area contributed by atoms with Crippen LogP contribution in [0.2, 0.25) is 5.02 Å². The fraction of sp³-hybridized carbons (Fsp3) is 0.133. The summed E-state index contributed by atoms with van der Waals surface area (Å²) in [5.41, 5.74) is 10.2. The maximum absolute atomic E-state index is 13.7. The second-order valence-electron chi connectivity index (χ2n) is 4.85. The molecule has 1 aromatic heterocycles. The van der Waals surface area contributed by atoms with E-state index in [1.54, 1.807) is 4.57 Å². The molecular weight excluding hydrogens is 277 g/mol. The largest absolute Gasteiger partial charge is 0.369 e. The molecule has 3 aromatic rings. The number of rotatable bonds is 1. The maximum Gasteiger partial charge on any atom is 0.205 e. The van der Waals surface area contributed by atoms with Gasteiger partial charge in [-0.05, 0) is 37.1 Å². The highest BCUT2D eigenvalue weighted by Crippen LogP contribution is 2.29. The first-order valence-corrected chi connectivity index (χ1v) is 6.56. The Kier molecular flexibility index (Phi) is 2.91. The van der Waals surface area contributed by atoms with Gasteiger partial charge in [-0.2, -0.15) is 0 Å². The summed E-state index contributed by atoms with van der Waals surface area (Å²) in [5, 5.41) is 0.0446. The van der Waals surface area contributed by atoms with Crippen molar-refractivity contribution < 1.29 is 4.39 Å². The molecule has 3 nitrogen and oxygen atoms in total. The normalized spacial score (nSPS) is 11.2. The van der Waals surface area contributed by atoms with Crippen LogP contribution in [0.5, 0.6) is 0 Å². The summed E-state index contributed by atoms with van der Waals surface area (Å²) < 4.78 is 15.5. The average molecular weight is 290 g/mol. The Labute approximate surface area is 120 Å². The molecule has 0 aliphatic heterocycles. The average Bonchev–Trinajstić information content (AvgIpc) is 2.69. The Morgan fingerprint density at radius 1 is 1.20 bits per heavy atom. The van der Waals surface area contributed by atoms with E-state index >= 15 is 0 Å². The Morgan fingerprint density at radius 3 is 2.70 bits per heavy atom. The number of nitrogens with zero attached hydrogens (tertiary/aromatic N) is 2. The summed E-state index contributed by atoms with van der Waals surface area (Å²) in [4.78, 5) is 4.25. The molecule has 0 saturated heterocycles. The first-order chi connectivity index (χ1) is 9.47. The molecule has 0 fully saturated rings. The minimum Gasteiger partial charge on any atom is -0.369 e. The first kappa shape index (κ1) is 12.9. The minimum atomic E-state index is -0.481. The second-order valence-corrected chi connectivity index (χ2v) is 5.26. The van der Waals surface area contributed by atoms with Gasteiger partial charge >= 0.3 is 0 Å². The molecule has 102 valence electrons. The minimum absolute atomic E-state index is 0.0446. The fourth-order valence-corrected chi connectivity index (χ4v) is 2.46. The monoisotopic (exact) mass is 289 g/mol. The fourth-order valence-electron chi connectivity index (χ4n) is 2.30. The van der Waals surface area contributed by atoms with Gasteiger partial charge in [-0.1, -0.05) is 23.7 Å². The first-order valence-electron chi connectivity index (χ1n) is 6.18. The summed E-state index contributed by atoms with van der Waals surface area (Å²) >= 11 is 5.79. The van der Waals surface area contributed by atoms with Crippen molar-refractivity contribution in [3.8, 4) is 5.69 Å². The number of anilines is 1. The number of halogens is 2. The topological polar surface area (TPSA) is 43.8 Å². The van der Waals surface area contributed by atoms with Gasteiger partial charge in [0, 0.05) is 6.07 Å². The number of aryl methyl sites for hydroxylation is 2. The van der Waals surface area contributed by atoms with Crippen LogP contribution in [0.25, 0.3) is 16.7 Å². The lowest BCUT2D eigenvalue weighted by Gasteiger charge is -2.11. The maximum atomic E-state index is 13.7. The van der Waals surface area contributed by atoms with Crippen molar-refractivity contribution in [2.45, 2.75) is 13.8 Å². The summed E-state index contributed by atoms with van der Waals surface area (Å²) in [7, 11) is 0. The van der Waals surface area contributed by atoms with Crippen molar-refractivity contribution >= 4 is 28.6 Å². The van der Waals surface area contributed by atoms with E-state index < -0.39 is 5.82 Å². The lowest BCUT2D eigenvalue weighted by atomic mass is 10.1. The van der Waals surface area contributed by atoms with Crippen molar-refractivity contribution in [3.63, 3.8) is 0 Å². The molecule has 0 amide bonds. The zero-order valence-electron chi connectivity index (χ0n) is 11.1. The van der Waals surface area contributed by atoms with E-state index in [-0.39, 0.29) is 5.02 Å². The molecular formula is C15H13ClFN3. The zero-order valence-corrected chi connectivity index (χ0v) is 11.9. The van der Waals surface area contributed by atoms with Gasteiger partial charge in [0.2, 0.25) is 5.95 Å². The highest BCUT2D eigenvalue weighted by Gasteiger charge is 2.14. The molecule has 2 N–H and O–H groups in total. The second kappa shape index (κ2) is 4.49. The number of benzene rings is 2. The van der Waals surface area contributed by atoms with Crippen molar-refractivity contribution in [2.75, 3.05) is 5.73 Å². The van der Waals surface area contributed by atoms with Gasteiger partial charge in [0.25, 0.3) is 0 Å². The standard InChI is InChI=1S/C15H13ClFN3/c1-8-3-4-9(2)13(5-8)20-14-7-11(17)10(16)6-12(14)19-15(20)18/h3-7H,1-2H3,(H2,18,19). The van der Waals surface area contributed by atoms with Gasteiger partial charge in [-0.15, -0.1) is 0 Å². The number of nitrogens with two attached hydrogens (primary N) is 1. The van der Waals surface area contributed by atoms with Gasteiger partial charge in [0.05, 0.1) is 21.7 Å². The predicted octanol–water partition coefficient (Wildman–Crippen LogP) is 4.02. The van der Waals surface area contributed by atoms with Gasteiger partial charge in [-0.25, -0.2) is 9.37 Å². The van der Waals surface area contributed by atoms with E-state index in [0.717, 1.165) is 16.8 Å². The number of hydrogen-bond acceptors (Lipinski definition) is 2. The summed E-state index contributed by atoms with van der Waals surface area (Å²) in [6.07, 6.45) is 0. The van der Waals surface area contributed by atoms with Crippen LogP contribution in [0, 0.1) is 19.7 Å². The highest BCUT2D eigenvalue weighted by atomic mass is 35.5. The van der Waals surface area contributed by atoms with Crippen molar-refractivity contribution in [3.05, 3.63) is 52.3 Å². The van der Waals surface area contributed by atoms with Crippen LogP contribution in [0.4, 0.5) is 10.3 Å². The third-order valence-electron chi connectivity index (χ3n) is 3.33. The third kappa shape index (κ3) is 1.93. The number of imidazole rings is 1. The van der Waals surface area contributed by atoms with Crippen LogP contribution >= 0.6 is 11.6 Å². The van der Waals surface area contributed by atoms with Crippen LogP contribution in [0.3, 0.4) is 0 Å². The molecule has 0 spiro atoms. The van der Waals surface area contributed by atoms with Crippen molar-refractivity contribution in [1.29, 1.82) is 0 Å². The van der Waals surface area contributed by atoms with Gasteiger partial charge in [0.15, 0.2) is 0 Å². The van der Waals surface area contributed by atoms with E-state index in [4.69, 9.17) is 17.3 Å². The van der Waals surface area contributed by atoms with Crippen molar-refractivity contribution in [2.24, 2.45) is 0 Å². The molecule has 5 heteroatoms. The summed E-state index contributed by atoms with van der Waals surface area (Å²) in [6, 6.07) is 8.88. The highest BCUT2D eigenvalue weighted by molar-refractivity contribution is 6.31. The van der Waals surface area contributed by atoms with Crippen LogP contribution < -0.4 is 5.73 Å². The molecule has 2 aromatic carbocycles. The van der Waals surface area contributed by atoms with E-state index in [1.807, 2.05) is 32.0 Å². The van der Waals surface area contributed by atoms with Gasteiger partial charge in [0.1, 0.15) is 5.82 Å². The van der Waals surface area contributed by atoms with E-state index in [0.29, 0.717) is 17.0 Å². The Balaban J connectivity index is 2.38. The third-order valence-corrected chi connectivity index (χ3v) is 3.62. The van der Waals surface area contributed by atoms with Crippen LogP contribution in [-0.2, 0) is 0 Å². The lowest BCUT2D eigenvalue weighted by Crippen LogP contribution is -2.03.